The fraction of sp³-hybridized carbons (Fsp3) is 0.308. The molecule has 0 fully saturated rings. The SMILES string of the molecule is CCCCc1ccc(-c2csc(NN)n2)cc1. The Bertz CT molecular complexity index is 462. The van der Waals surface area contributed by atoms with E-state index in [1.807, 2.05) is 5.38 Å². The summed E-state index contributed by atoms with van der Waals surface area (Å²) in [5.41, 5.74) is 6.07. The summed E-state index contributed by atoms with van der Waals surface area (Å²) in [7, 11) is 0. The predicted molar refractivity (Wildman–Crippen MR) is 74.0 cm³/mol. The molecule has 17 heavy (non-hydrogen) atoms. The number of nitrogens with one attached hydrogen (secondary N) is 1. The topological polar surface area (TPSA) is 50.9 Å². The van der Waals surface area contributed by atoms with Gasteiger partial charge in [0, 0.05) is 10.9 Å². The van der Waals surface area contributed by atoms with Crippen LogP contribution in [0, 0.1) is 0 Å². The number of nitrogens with two attached hydrogens (primary N) is 1. The van der Waals surface area contributed by atoms with Gasteiger partial charge < -0.3 is 0 Å². The molecule has 0 amide bonds. The lowest BCUT2D eigenvalue weighted by atomic mass is 10.1. The van der Waals surface area contributed by atoms with Crippen LogP contribution in [-0.4, -0.2) is 4.98 Å². The molecule has 0 aliphatic heterocycles. The van der Waals surface area contributed by atoms with Gasteiger partial charge in [-0.1, -0.05) is 37.6 Å². The molecule has 1 aromatic carbocycles. The first-order valence-electron chi connectivity index (χ1n) is 5.85. The molecule has 0 atom stereocenters. The Kier molecular flexibility index (Phi) is 4.12. The molecule has 3 N–H and O–H groups in total. The van der Waals surface area contributed by atoms with E-state index in [0.29, 0.717) is 0 Å². The standard InChI is InChI=1S/C13H17N3S/c1-2-3-4-10-5-7-11(8-6-10)12-9-17-13(15-12)16-14/h5-9H,2-4,14H2,1H3,(H,15,16). The highest BCUT2D eigenvalue weighted by atomic mass is 32.1. The summed E-state index contributed by atoms with van der Waals surface area (Å²) in [4.78, 5) is 4.37. The van der Waals surface area contributed by atoms with Crippen molar-refractivity contribution in [3.8, 4) is 11.3 Å². The summed E-state index contributed by atoms with van der Waals surface area (Å²) < 4.78 is 0. The number of benzene rings is 1. The molecule has 2 aromatic rings. The molecule has 0 saturated heterocycles. The molecular formula is C13H17N3S. The first-order chi connectivity index (χ1) is 8.33. The molecule has 3 nitrogen and oxygen atoms in total. The van der Waals surface area contributed by atoms with Crippen molar-refractivity contribution in [3.05, 3.63) is 35.2 Å². The van der Waals surface area contributed by atoms with Gasteiger partial charge in [0.1, 0.15) is 0 Å². The minimum atomic E-state index is 0.745. The third-order valence-corrected chi connectivity index (χ3v) is 3.47. The molecule has 0 aliphatic carbocycles. The van der Waals surface area contributed by atoms with E-state index in [1.165, 1.54) is 29.7 Å². The van der Waals surface area contributed by atoms with Gasteiger partial charge in [0.2, 0.25) is 0 Å². The average molecular weight is 247 g/mol. The van der Waals surface area contributed by atoms with Crippen molar-refractivity contribution in [1.29, 1.82) is 0 Å². The van der Waals surface area contributed by atoms with Crippen LogP contribution in [-0.2, 0) is 6.42 Å². The zero-order chi connectivity index (χ0) is 12.1. The summed E-state index contributed by atoms with van der Waals surface area (Å²) in [5.74, 6) is 5.32. The van der Waals surface area contributed by atoms with E-state index in [1.54, 1.807) is 0 Å². The largest absolute Gasteiger partial charge is 0.300 e. The Morgan fingerprint density at radius 3 is 2.65 bits per heavy atom. The number of nitrogens with zero attached hydrogens (tertiary/aromatic N) is 1. The van der Waals surface area contributed by atoms with Crippen LogP contribution in [0.4, 0.5) is 5.13 Å². The second-order valence-corrected chi connectivity index (χ2v) is 4.84. The highest BCUT2D eigenvalue weighted by molar-refractivity contribution is 7.14. The van der Waals surface area contributed by atoms with Gasteiger partial charge in [-0.15, -0.1) is 11.3 Å². The Balaban J connectivity index is 2.11. The van der Waals surface area contributed by atoms with Crippen molar-refractivity contribution in [3.63, 3.8) is 0 Å². The molecule has 1 heterocycles. The van der Waals surface area contributed by atoms with Crippen molar-refractivity contribution in [2.24, 2.45) is 5.84 Å². The Labute approximate surface area is 106 Å². The van der Waals surface area contributed by atoms with Crippen LogP contribution in [0.25, 0.3) is 11.3 Å². The minimum Gasteiger partial charge on any atom is -0.300 e. The normalized spacial score (nSPS) is 10.5. The van der Waals surface area contributed by atoms with Crippen LogP contribution in [0.2, 0.25) is 0 Å². The number of aromatic nitrogens is 1. The monoisotopic (exact) mass is 247 g/mol. The fourth-order valence-corrected chi connectivity index (χ4v) is 2.33. The van der Waals surface area contributed by atoms with Crippen LogP contribution in [0.5, 0.6) is 0 Å². The van der Waals surface area contributed by atoms with Gasteiger partial charge in [0.25, 0.3) is 0 Å². The Morgan fingerprint density at radius 1 is 1.29 bits per heavy atom. The molecule has 0 unspecified atom stereocenters. The number of anilines is 1. The summed E-state index contributed by atoms with van der Waals surface area (Å²) in [6, 6.07) is 8.61. The number of nitrogen functional groups attached to an aromatic ring is 1. The average Bonchev–Trinajstić information content (AvgIpc) is 2.86. The van der Waals surface area contributed by atoms with Gasteiger partial charge in [-0.3, -0.25) is 5.43 Å². The zero-order valence-corrected chi connectivity index (χ0v) is 10.8. The summed E-state index contributed by atoms with van der Waals surface area (Å²) >= 11 is 1.52. The van der Waals surface area contributed by atoms with Gasteiger partial charge >= 0.3 is 0 Å². The van der Waals surface area contributed by atoms with E-state index < -0.39 is 0 Å². The second kappa shape index (κ2) is 5.80. The summed E-state index contributed by atoms with van der Waals surface area (Å²) in [6.07, 6.45) is 3.64. The van der Waals surface area contributed by atoms with Gasteiger partial charge in [0.15, 0.2) is 5.13 Å². The van der Waals surface area contributed by atoms with E-state index in [4.69, 9.17) is 5.84 Å². The number of hydrazine groups is 1. The minimum absolute atomic E-state index is 0.745. The van der Waals surface area contributed by atoms with Gasteiger partial charge in [-0.05, 0) is 18.4 Å². The maximum absolute atomic E-state index is 5.32. The molecular weight excluding hydrogens is 230 g/mol. The van der Waals surface area contributed by atoms with Crippen LogP contribution in [0.15, 0.2) is 29.6 Å². The molecule has 4 heteroatoms. The second-order valence-electron chi connectivity index (χ2n) is 3.98. The van der Waals surface area contributed by atoms with Crippen LogP contribution in [0.3, 0.4) is 0 Å². The molecule has 0 radical (unpaired) electrons. The third kappa shape index (κ3) is 3.05. The summed E-state index contributed by atoms with van der Waals surface area (Å²) in [5, 5.41) is 2.76. The van der Waals surface area contributed by atoms with Crippen molar-refractivity contribution < 1.29 is 0 Å². The van der Waals surface area contributed by atoms with Crippen LogP contribution < -0.4 is 11.3 Å². The molecule has 0 spiro atoms. The maximum atomic E-state index is 5.32. The number of rotatable bonds is 5. The molecule has 90 valence electrons. The molecule has 0 saturated carbocycles. The quantitative estimate of drug-likeness (QED) is 0.628. The lowest BCUT2D eigenvalue weighted by Gasteiger charge is -2.01. The lowest BCUT2D eigenvalue weighted by molar-refractivity contribution is 0.795. The number of hydrogen-bond donors (Lipinski definition) is 2. The van der Waals surface area contributed by atoms with Crippen molar-refractivity contribution in [1.82, 2.24) is 4.98 Å². The highest BCUT2D eigenvalue weighted by Gasteiger charge is 2.03. The predicted octanol–water partition coefficient (Wildman–Crippen LogP) is 3.44. The molecule has 2 rings (SSSR count). The van der Waals surface area contributed by atoms with E-state index in [0.717, 1.165) is 22.8 Å². The van der Waals surface area contributed by atoms with Gasteiger partial charge in [-0.25, -0.2) is 10.8 Å². The van der Waals surface area contributed by atoms with E-state index in [-0.39, 0.29) is 0 Å². The van der Waals surface area contributed by atoms with Crippen molar-refractivity contribution >= 4 is 16.5 Å². The van der Waals surface area contributed by atoms with Gasteiger partial charge in [-0.2, -0.15) is 0 Å². The molecule has 1 aromatic heterocycles. The summed E-state index contributed by atoms with van der Waals surface area (Å²) in [6.45, 7) is 2.21. The number of aryl methyl sites for hydroxylation is 1. The van der Waals surface area contributed by atoms with Crippen LogP contribution in [0.1, 0.15) is 25.3 Å². The lowest BCUT2D eigenvalue weighted by Crippen LogP contribution is -2.05. The first-order valence-corrected chi connectivity index (χ1v) is 6.73. The van der Waals surface area contributed by atoms with E-state index >= 15 is 0 Å². The molecule has 0 aliphatic rings. The third-order valence-electron chi connectivity index (χ3n) is 2.70. The first kappa shape index (κ1) is 12.1. The highest BCUT2D eigenvalue weighted by Crippen LogP contribution is 2.24. The maximum Gasteiger partial charge on any atom is 0.197 e. The number of hydrogen-bond acceptors (Lipinski definition) is 4. The number of unbranched alkanes of at least 4 members (excludes halogenated alkanes) is 1. The Morgan fingerprint density at radius 2 is 2.06 bits per heavy atom. The van der Waals surface area contributed by atoms with Gasteiger partial charge in [0.05, 0.1) is 5.69 Å². The smallest absolute Gasteiger partial charge is 0.197 e. The van der Waals surface area contributed by atoms with Crippen molar-refractivity contribution in [2.75, 3.05) is 5.43 Å². The Hall–Kier alpha value is -1.39. The fourth-order valence-electron chi connectivity index (χ4n) is 1.70. The number of thiazole rings is 1. The van der Waals surface area contributed by atoms with Crippen molar-refractivity contribution in [2.45, 2.75) is 26.2 Å². The van der Waals surface area contributed by atoms with E-state index in [9.17, 15) is 0 Å². The van der Waals surface area contributed by atoms with Crippen LogP contribution >= 0.6 is 11.3 Å². The molecule has 0 bridgehead atoms. The zero-order valence-electron chi connectivity index (χ0n) is 9.94. The van der Waals surface area contributed by atoms with E-state index in [2.05, 4.69) is 41.6 Å².